The number of aromatic amines is 1. The first-order valence-corrected chi connectivity index (χ1v) is 7.52. The summed E-state index contributed by atoms with van der Waals surface area (Å²) in [4.78, 5) is 11.2. The topological polar surface area (TPSA) is 118 Å². The Hall–Kier alpha value is -2.00. The normalized spacial score (nSPS) is 18.7. The molecular formula is C11H12N4O4S. The third-order valence-corrected chi connectivity index (χ3v) is 4.68. The average Bonchev–Trinajstić information content (AvgIpc) is 2.92. The quantitative estimate of drug-likeness (QED) is 0.795. The fraction of sp³-hybridized carbons (Fsp3) is 0.364. The largest absolute Gasteiger partial charge is 0.363 e. The predicted octanol–water partition coefficient (Wildman–Crippen LogP) is -0.406. The molecule has 1 atom stereocenters. The first-order chi connectivity index (χ1) is 9.54. The van der Waals surface area contributed by atoms with Crippen LogP contribution in [0.3, 0.4) is 0 Å². The monoisotopic (exact) mass is 296 g/mol. The molecular weight excluding hydrogens is 284 g/mol. The number of nitrogens with zero attached hydrogens (tertiary/aromatic N) is 2. The summed E-state index contributed by atoms with van der Waals surface area (Å²) >= 11 is 0. The Balaban J connectivity index is 1.80. The molecule has 0 spiro atoms. The maximum absolute atomic E-state index is 12.0. The molecule has 8 nitrogen and oxygen atoms in total. The molecule has 0 aliphatic heterocycles. The molecule has 0 saturated heterocycles. The van der Waals surface area contributed by atoms with Gasteiger partial charge in [0.1, 0.15) is 11.2 Å². The fourth-order valence-electron chi connectivity index (χ4n) is 2.26. The van der Waals surface area contributed by atoms with Gasteiger partial charge in [0, 0.05) is 12.1 Å². The molecule has 2 heterocycles. The third kappa shape index (κ3) is 2.49. The molecule has 2 aromatic rings. The van der Waals surface area contributed by atoms with E-state index in [0.29, 0.717) is 19.3 Å². The number of aryl methyl sites for hydroxylation is 1. The van der Waals surface area contributed by atoms with E-state index in [1.165, 1.54) is 6.07 Å². The van der Waals surface area contributed by atoms with Gasteiger partial charge < -0.3 is 4.52 Å². The fourth-order valence-corrected chi connectivity index (χ4v) is 3.38. The van der Waals surface area contributed by atoms with Crippen LogP contribution in [-0.4, -0.2) is 29.8 Å². The number of nitrogens with one attached hydrogen (secondary N) is 2. The highest BCUT2D eigenvalue weighted by Gasteiger charge is 2.26. The van der Waals surface area contributed by atoms with E-state index in [-0.39, 0.29) is 16.5 Å². The summed E-state index contributed by atoms with van der Waals surface area (Å²) in [7, 11) is -3.64. The molecule has 2 aromatic heterocycles. The van der Waals surface area contributed by atoms with E-state index in [1.54, 1.807) is 0 Å². The minimum Gasteiger partial charge on any atom is -0.363 e. The molecule has 0 saturated carbocycles. The Morgan fingerprint density at radius 3 is 3.05 bits per heavy atom. The Morgan fingerprint density at radius 2 is 2.30 bits per heavy atom. The Kier molecular flexibility index (Phi) is 3.14. The van der Waals surface area contributed by atoms with Gasteiger partial charge in [0.2, 0.25) is 10.0 Å². The van der Waals surface area contributed by atoms with E-state index in [0.717, 1.165) is 23.7 Å². The summed E-state index contributed by atoms with van der Waals surface area (Å²) in [5.41, 5.74) is 1.30. The lowest BCUT2D eigenvalue weighted by Gasteiger charge is -2.23. The van der Waals surface area contributed by atoms with Crippen LogP contribution in [0.15, 0.2) is 32.7 Å². The van der Waals surface area contributed by atoms with Crippen LogP contribution < -0.4 is 10.3 Å². The molecule has 1 aliphatic carbocycles. The van der Waals surface area contributed by atoms with Crippen molar-refractivity contribution in [3.63, 3.8) is 0 Å². The molecule has 106 valence electrons. The number of sulfonamides is 1. The van der Waals surface area contributed by atoms with Crippen LogP contribution in [0.2, 0.25) is 0 Å². The zero-order valence-electron chi connectivity index (χ0n) is 10.4. The average molecular weight is 296 g/mol. The van der Waals surface area contributed by atoms with E-state index in [9.17, 15) is 13.2 Å². The Morgan fingerprint density at radius 1 is 1.45 bits per heavy atom. The molecule has 9 heteroatoms. The highest BCUT2D eigenvalue weighted by molar-refractivity contribution is 7.89. The summed E-state index contributed by atoms with van der Waals surface area (Å²) < 4.78 is 31.2. The smallest absolute Gasteiger partial charge is 0.264 e. The summed E-state index contributed by atoms with van der Waals surface area (Å²) in [6.45, 7) is 0. The van der Waals surface area contributed by atoms with Crippen molar-refractivity contribution in [2.45, 2.75) is 30.2 Å². The third-order valence-electron chi connectivity index (χ3n) is 3.21. The molecule has 0 radical (unpaired) electrons. The second-order valence-corrected chi connectivity index (χ2v) is 6.34. The van der Waals surface area contributed by atoms with Gasteiger partial charge in [0.15, 0.2) is 0 Å². The zero-order valence-corrected chi connectivity index (χ0v) is 11.2. The van der Waals surface area contributed by atoms with Crippen LogP contribution in [0, 0.1) is 0 Å². The van der Waals surface area contributed by atoms with Crippen molar-refractivity contribution in [1.82, 2.24) is 20.1 Å². The van der Waals surface area contributed by atoms with Crippen LogP contribution >= 0.6 is 0 Å². The number of hydrogen-bond acceptors (Lipinski definition) is 6. The summed E-state index contributed by atoms with van der Waals surface area (Å²) in [5.74, 6) is 0. The number of aromatic nitrogens is 3. The highest BCUT2D eigenvalue weighted by atomic mass is 32.2. The minimum atomic E-state index is -3.64. The van der Waals surface area contributed by atoms with Crippen molar-refractivity contribution in [3.05, 3.63) is 40.1 Å². The molecule has 0 amide bonds. The molecule has 2 N–H and O–H groups in total. The molecule has 1 aliphatic rings. The summed E-state index contributed by atoms with van der Waals surface area (Å²) in [6.07, 6.45) is 3.90. The van der Waals surface area contributed by atoms with Crippen molar-refractivity contribution in [3.8, 4) is 0 Å². The Labute approximate surface area is 114 Å². The molecule has 0 aromatic carbocycles. The van der Waals surface area contributed by atoms with Crippen LogP contribution in [-0.2, 0) is 22.9 Å². The molecule has 3 rings (SSSR count). The van der Waals surface area contributed by atoms with Crippen LogP contribution in [0.5, 0.6) is 0 Å². The lowest BCUT2D eigenvalue weighted by Crippen LogP contribution is -2.39. The number of rotatable bonds is 3. The van der Waals surface area contributed by atoms with Crippen molar-refractivity contribution in [2.75, 3.05) is 0 Å². The maximum atomic E-state index is 12.0. The lowest BCUT2D eigenvalue weighted by atomic mass is 9.93. The Bertz CT molecular complexity index is 766. The van der Waals surface area contributed by atoms with Gasteiger partial charge >= 0.3 is 0 Å². The summed E-state index contributed by atoms with van der Waals surface area (Å²) in [5, 5.41) is 9.72. The van der Waals surface area contributed by atoms with Gasteiger partial charge in [-0.1, -0.05) is 5.16 Å². The predicted molar refractivity (Wildman–Crippen MR) is 67.5 cm³/mol. The zero-order chi connectivity index (χ0) is 14.2. The SMILES string of the molecule is O=c1cc2c(n[nH]1)CCC(NS(=O)(=O)c1cnoc1)C2. The van der Waals surface area contributed by atoms with Crippen molar-refractivity contribution < 1.29 is 12.9 Å². The lowest BCUT2D eigenvalue weighted by molar-refractivity contribution is 0.417. The van der Waals surface area contributed by atoms with Crippen LogP contribution in [0.1, 0.15) is 17.7 Å². The second-order valence-electron chi connectivity index (χ2n) is 4.63. The van der Waals surface area contributed by atoms with Crippen molar-refractivity contribution in [1.29, 1.82) is 0 Å². The molecule has 0 bridgehead atoms. The molecule has 20 heavy (non-hydrogen) atoms. The van der Waals surface area contributed by atoms with E-state index in [4.69, 9.17) is 0 Å². The van der Waals surface area contributed by atoms with Gasteiger partial charge in [-0.25, -0.2) is 18.2 Å². The molecule has 0 fully saturated rings. The number of hydrogen-bond donors (Lipinski definition) is 2. The van der Waals surface area contributed by atoms with Crippen molar-refractivity contribution >= 4 is 10.0 Å². The number of fused-ring (bicyclic) bond motifs is 1. The van der Waals surface area contributed by atoms with E-state index >= 15 is 0 Å². The first-order valence-electron chi connectivity index (χ1n) is 6.04. The molecule has 1 unspecified atom stereocenters. The van der Waals surface area contributed by atoms with E-state index < -0.39 is 10.0 Å². The van der Waals surface area contributed by atoms with Crippen LogP contribution in [0.4, 0.5) is 0 Å². The van der Waals surface area contributed by atoms with E-state index in [2.05, 4.69) is 24.6 Å². The highest BCUT2D eigenvalue weighted by Crippen LogP contribution is 2.19. The first kappa shape index (κ1) is 13.0. The maximum Gasteiger partial charge on any atom is 0.264 e. The standard InChI is InChI=1S/C11H12N4O4S/c16-11-4-7-3-8(1-2-10(7)13-14-11)15-20(17,18)9-5-12-19-6-9/h4-6,8,15H,1-3H2,(H,14,16). The second kappa shape index (κ2) is 4.84. The van der Waals surface area contributed by atoms with Gasteiger partial charge in [-0.05, 0) is 24.8 Å². The van der Waals surface area contributed by atoms with Gasteiger partial charge in [-0.3, -0.25) is 4.79 Å². The minimum absolute atomic E-state index is 0.00710. The van der Waals surface area contributed by atoms with Gasteiger partial charge in [0.25, 0.3) is 5.56 Å². The van der Waals surface area contributed by atoms with E-state index in [1.807, 2.05) is 0 Å². The van der Waals surface area contributed by atoms with Crippen molar-refractivity contribution in [2.24, 2.45) is 0 Å². The van der Waals surface area contributed by atoms with Gasteiger partial charge in [-0.15, -0.1) is 0 Å². The van der Waals surface area contributed by atoms with Gasteiger partial charge in [-0.2, -0.15) is 5.10 Å². The van der Waals surface area contributed by atoms with Gasteiger partial charge in [0.05, 0.1) is 11.9 Å². The summed E-state index contributed by atoms with van der Waals surface area (Å²) in [6, 6.07) is 1.19. The number of H-pyrrole nitrogens is 1. The van der Waals surface area contributed by atoms with Crippen LogP contribution in [0.25, 0.3) is 0 Å².